The molecule has 1 aliphatic carbocycles. The minimum atomic E-state index is 0.338. The van der Waals surface area contributed by atoms with Crippen molar-refractivity contribution in [1.29, 1.82) is 0 Å². The first-order valence-corrected chi connectivity index (χ1v) is 3.87. The van der Waals surface area contributed by atoms with E-state index in [0.29, 0.717) is 11.7 Å². The SMILES string of the molecule is C=C1CCC(C(C)=O)CC1. The van der Waals surface area contributed by atoms with E-state index >= 15 is 0 Å². The molecule has 0 atom stereocenters. The van der Waals surface area contributed by atoms with Gasteiger partial charge in [-0.1, -0.05) is 12.2 Å². The minimum Gasteiger partial charge on any atom is -0.300 e. The number of allylic oxidation sites excluding steroid dienone is 1. The normalized spacial score (nSPS) is 21.1. The maximum atomic E-state index is 10.9. The van der Waals surface area contributed by atoms with E-state index in [2.05, 4.69) is 6.58 Å². The van der Waals surface area contributed by atoms with E-state index in [-0.39, 0.29) is 0 Å². The first-order valence-electron chi connectivity index (χ1n) is 3.87. The molecule has 0 amide bonds. The molecule has 0 saturated heterocycles. The fourth-order valence-corrected chi connectivity index (χ4v) is 1.43. The van der Waals surface area contributed by atoms with Crippen LogP contribution < -0.4 is 0 Å². The van der Waals surface area contributed by atoms with Gasteiger partial charge in [0.05, 0.1) is 0 Å². The summed E-state index contributed by atoms with van der Waals surface area (Å²) < 4.78 is 0. The van der Waals surface area contributed by atoms with Crippen LogP contribution in [-0.2, 0) is 4.79 Å². The summed E-state index contributed by atoms with van der Waals surface area (Å²) >= 11 is 0. The average molecular weight is 138 g/mol. The predicted octanol–water partition coefficient (Wildman–Crippen LogP) is 2.32. The van der Waals surface area contributed by atoms with Gasteiger partial charge in [0.15, 0.2) is 0 Å². The van der Waals surface area contributed by atoms with Crippen LogP contribution in [0.15, 0.2) is 12.2 Å². The predicted molar refractivity (Wildman–Crippen MR) is 41.8 cm³/mol. The van der Waals surface area contributed by atoms with Crippen molar-refractivity contribution in [1.82, 2.24) is 0 Å². The Morgan fingerprint density at radius 2 is 2.00 bits per heavy atom. The van der Waals surface area contributed by atoms with Crippen molar-refractivity contribution in [2.45, 2.75) is 32.6 Å². The standard InChI is InChI=1S/C9H14O/c1-7-3-5-9(6-4-7)8(2)10/h9H,1,3-6H2,2H3. The van der Waals surface area contributed by atoms with Gasteiger partial charge in [-0.25, -0.2) is 0 Å². The molecule has 1 saturated carbocycles. The average Bonchev–Trinajstić information content (AvgIpc) is 1.88. The Balaban J connectivity index is 2.40. The summed E-state index contributed by atoms with van der Waals surface area (Å²) in [5.41, 5.74) is 1.32. The van der Waals surface area contributed by atoms with Gasteiger partial charge in [-0.3, -0.25) is 4.79 Å². The summed E-state index contributed by atoms with van der Waals surface area (Å²) in [5.74, 6) is 0.693. The molecule has 0 aromatic rings. The second-order valence-electron chi connectivity index (χ2n) is 3.13. The summed E-state index contributed by atoms with van der Waals surface area (Å²) in [6.07, 6.45) is 4.19. The van der Waals surface area contributed by atoms with Gasteiger partial charge in [0, 0.05) is 5.92 Å². The molecule has 0 aliphatic heterocycles. The van der Waals surface area contributed by atoms with Crippen molar-refractivity contribution in [3.8, 4) is 0 Å². The van der Waals surface area contributed by atoms with E-state index in [1.807, 2.05) is 0 Å². The molecule has 0 aromatic carbocycles. The zero-order chi connectivity index (χ0) is 7.56. The van der Waals surface area contributed by atoms with Crippen LogP contribution in [0.1, 0.15) is 32.6 Å². The molecule has 0 spiro atoms. The van der Waals surface area contributed by atoms with Gasteiger partial charge in [0.1, 0.15) is 5.78 Å². The summed E-state index contributed by atoms with van der Waals surface area (Å²) in [5, 5.41) is 0. The van der Waals surface area contributed by atoms with Crippen LogP contribution in [0.2, 0.25) is 0 Å². The lowest BCUT2D eigenvalue weighted by molar-refractivity contribution is -0.121. The number of Topliss-reactive ketones (excluding diaryl/α,β-unsaturated/α-hetero) is 1. The van der Waals surface area contributed by atoms with Gasteiger partial charge >= 0.3 is 0 Å². The number of rotatable bonds is 1. The molecular weight excluding hydrogens is 124 g/mol. The molecule has 0 N–H and O–H groups in total. The lowest BCUT2D eigenvalue weighted by Gasteiger charge is -2.20. The van der Waals surface area contributed by atoms with Crippen LogP contribution in [0, 0.1) is 5.92 Å². The number of hydrogen-bond donors (Lipinski definition) is 0. The fourth-order valence-electron chi connectivity index (χ4n) is 1.43. The van der Waals surface area contributed by atoms with Crippen LogP contribution >= 0.6 is 0 Å². The molecule has 0 aromatic heterocycles. The third kappa shape index (κ3) is 1.69. The first kappa shape index (κ1) is 7.52. The largest absolute Gasteiger partial charge is 0.300 e. The van der Waals surface area contributed by atoms with E-state index in [9.17, 15) is 4.79 Å². The van der Waals surface area contributed by atoms with E-state index < -0.39 is 0 Å². The Kier molecular flexibility index (Phi) is 2.25. The first-order chi connectivity index (χ1) is 4.70. The Bertz CT molecular complexity index is 148. The molecule has 0 heterocycles. The van der Waals surface area contributed by atoms with Crippen LogP contribution in [0.25, 0.3) is 0 Å². The molecule has 1 rings (SSSR count). The van der Waals surface area contributed by atoms with Gasteiger partial charge in [0.2, 0.25) is 0 Å². The highest BCUT2D eigenvalue weighted by atomic mass is 16.1. The van der Waals surface area contributed by atoms with Gasteiger partial charge in [-0.05, 0) is 32.6 Å². The van der Waals surface area contributed by atoms with Gasteiger partial charge in [-0.2, -0.15) is 0 Å². The highest BCUT2D eigenvalue weighted by Gasteiger charge is 2.18. The molecule has 1 heteroatoms. The maximum Gasteiger partial charge on any atom is 0.132 e. The number of ketones is 1. The van der Waals surface area contributed by atoms with Crippen LogP contribution in [-0.4, -0.2) is 5.78 Å². The van der Waals surface area contributed by atoms with Gasteiger partial charge in [0.25, 0.3) is 0 Å². The summed E-state index contributed by atoms with van der Waals surface area (Å²) in [6, 6.07) is 0. The second kappa shape index (κ2) is 3.00. The van der Waals surface area contributed by atoms with Gasteiger partial charge in [-0.15, -0.1) is 0 Å². The Hall–Kier alpha value is -0.590. The molecule has 56 valence electrons. The molecule has 1 aliphatic rings. The van der Waals surface area contributed by atoms with Crippen molar-refractivity contribution in [3.63, 3.8) is 0 Å². The van der Waals surface area contributed by atoms with Crippen molar-refractivity contribution >= 4 is 5.78 Å². The van der Waals surface area contributed by atoms with Crippen molar-refractivity contribution in [2.24, 2.45) is 5.92 Å². The third-order valence-electron chi connectivity index (χ3n) is 2.27. The third-order valence-corrected chi connectivity index (χ3v) is 2.27. The van der Waals surface area contributed by atoms with E-state index in [0.717, 1.165) is 25.7 Å². The summed E-state index contributed by atoms with van der Waals surface area (Å²) in [6.45, 7) is 5.59. The number of carbonyl (C=O) groups is 1. The van der Waals surface area contributed by atoms with E-state index in [1.165, 1.54) is 5.57 Å². The van der Waals surface area contributed by atoms with Crippen LogP contribution in [0.5, 0.6) is 0 Å². The summed E-state index contributed by atoms with van der Waals surface area (Å²) in [7, 11) is 0. The zero-order valence-corrected chi connectivity index (χ0v) is 6.52. The lowest BCUT2D eigenvalue weighted by Crippen LogP contribution is -2.15. The van der Waals surface area contributed by atoms with Crippen LogP contribution in [0.4, 0.5) is 0 Å². The molecule has 0 radical (unpaired) electrons. The smallest absolute Gasteiger partial charge is 0.132 e. The van der Waals surface area contributed by atoms with Crippen molar-refractivity contribution in [2.75, 3.05) is 0 Å². The monoisotopic (exact) mass is 138 g/mol. The fraction of sp³-hybridized carbons (Fsp3) is 0.667. The molecule has 0 bridgehead atoms. The van der Waals surface area contributed by atoms with E-state index in [4.69, 9.17) is 0 Å². The Morgan fingerprint density at radius 3 is 2.40 bits per heavy atom. The maximum absolute atomic E-state index is 10.9. The molecular formula is C9H14O. The molecule has 10 heavy (non-hydrogen) atoms. The van der Waals surface area contributed by atoms with Gasteiger partial charge < -0.3 is 0 Å². The topological polar surface area (TPSA) is 17.1 Å². The highest BCUT2D eigenvalue weighted by Crippen LogP contribution is 2.27. The minimum absolute atomic E-state index is 0.338. The van der Waals surface area contributed by atoms with Crippen molar-refractivity contribution < 1.29 is 4.79 Å². The Morgan fingerprint density at radius 1 is 1.50 bits per heavy atom. The number of hydrogen-bond acceptors (Lipinski definition) is 1. The molecule has 1 fully saturated rings. The van der Waals surface area contributed by atoms with E-state index in [1.54, 1.807) is 6.92 Å². The molecule has 0 unspecified atom stereocenters. The quantitative estimate of drug-likeness (QED) is 0.508. The van der Waals surface area contributed by atoms with Crippen molar-refractivity contribution in [3.05, 3.63) is 12.2 Å². The Labute approximate surface area is 62.1 Å². The summed E-state index contributed by atoms with van der Waals surface area (Å²) in [4.78, 5) is 10.9. The number of carbonyl (C=O) groups excluding carboxylic acids is 1. The highest BCUT2D eigenvalue weighted by molar-refractivity contribution is 5.78. The lowest BCUT2D eigenvalue weighted by atomic mass is 9.84. The molecule has 1 nitrogen and oxygen atoms in total. The zero-order valence-electron chi connectivity index (χ0n) is 6.52. The second-order valence-corrected chi connectivity index (χ2v) is 3.13. The van der Waals surface area contributed by atoms with Crippen LogP contribution in [0.3, 0.4) is 0 Å².